The minimum Gasteiger partial charge on any atom is -0.459 e. The first-order valence-electron chi connectivity index (χ1n) is 7.67. The maximum absolute atomic E-state index is 11.6. The summed E-state index contributed by atoms with van der Waals surface area (Å²) in [6.45, 7) is 0.793. The van der Waals surface area contributed by atoms with Crippen LogP contribution in [0.2, 0.25) is 0 Å². The van der Waals surface area contributed by atoms with E-state index in [2.05, 4.69) is 15.3 Å². The number of carbonyl (C=O) groups excluding carboxylic acids is 2. The molecule has 0 aliphatic rings. The Morgan fingerprint density at radius 1 is 1.21 bits per heavy atom. The summed E-state index contributed by atoms with van der Waals surface area (Å²) in [6, 6.07) is 9.51. The molecule has 7 heteroatoms. The summed E-state index contributed by atoms with van der Waals surface area (Å²) in [4.78, 5) is 29.7. The van der Waals surface area contributed by atoms with Crippen molar-refractivity contribution in [1.29, 1.82) is 0 Å². The molecule has 0 spiro atoms. The van der Waals surface area contributed by atoms with Crippen molar-refractivity contribution in [2.24, 2.45) is 0 Å². The van der Waals surface area contributed by atoms with Crippen molar-refractivity contribution in [3.63, 3.8) is 0 Å². The van der Waals surface area contributed by atoms with Crippen molar-refractivity contribution < 1.29 is 14.3 Å². The molecule has 1 heterocycles. The third kappa shape index (κ3) is 6.04. The summed E-state index contributed by atoms with van der Waals surface area (Å²) in [5, 5.41) is 2.82. The van der Waals surface area contributed by atoms with Gasteiger partial charge >= 0.3 is 6.01 Å². The molecule has 0 saturated carbocycles. The summed E-state index contributed by atoms with van der Waals surface area (Å²) >= 11 is 0. The van der Waals surface area contributed by atoms with E-state index < -0.39 is 0 Å². The number of nitrogen functional groups attached to an aromatic ring is 1. The molecular formula is C17H20N4O3. The molecule has 24 heavy (non-hydrogen) atoms. The van der Waals surface area contributed by atoms with Gasteiger partial charge in [0.15, 0.2) is 0 Å². The molecule has 1 aromatic heterocycles. The molecule has 126 valence electrons. The second-order valence-corrected chi connectivity index (χ2v) is 5.20. The number of nitrogens with one attached hydrogen (secondary N) is 1. The van der Waals surface area contributed by atoms with Gasteiger partial charge in [0, 0.05) is 25.6 Å². The summed E-state index contributed by atoms with van der Waals surface area (Å²) in [7, 11) is 0. The lowest BCUT2D eigenvalue weighted by Crippen LogP contribution is -2.22. The molecular weight excluding hydrogens is 308 g/mol. The van der Waals surface area contributed by atoms with Gasteiger partial charge in [0.05, 0.1) is 0 Å². The average Bonchev–Trinajstić information content (AvgIpc) is 2.59. The fourth-order valence-electron chi connectivity index (χ4n) is 1.96. The van der Waals surface area contributed by atoms with Gasteiger partial charge in [-0.15, -0.1) is 0 Å². The predicted octanol–water partition coefficient (Wildman–Crippen LogP) is 1.62. The number of benzene rings is 1. The van der Waals surface area contributed by atoms with Crippen LogP contribution in [0.5, 0.6) is 6.01 Å². The second-order valence-electron chi connectivity index (χ2n) is 5.20. The summed E-state index contributed by atoms with van der Waals surface area (Å²) in [6.07, 6.45) is 3.73. The molecule has 0 unspecified atom stereocenters. The Kier molecular flexibility index (Phi) is 6.70. The van der Waals surface area contributed by atoms with Crippen LogP contribution in [0.1, 0.15) is 30.4 Å². The number of carbonyl (C=O) groups is 2. The fourth-order valence-corrected chi connectivity index (χ4v) is 1.96. The number of hydrogen-bond donors (Lipinski definition) is 2. The van der Waals surface area contributed by atoms with E-state index in [-0.39, 0.29) is 11.9 Å². The van der Waals surface area contributed by atoms with Gasteiger partial charge in [0.1, 0.15) is 18.7 Å². The predicted molar refractivity (Wildman–Crippen MR) is 89.0 cm³/mol. The SMILES string of the molecule is Nc1ccnc(OCc2ccc(CNC(=O)CCCC=O)cc2)n1. The monoisotopic (exact) mass is 328 g/mol. The van der Waals surface area contributed by atoms with E-state index in [0.717, 1.165) is 17.4 Å². The molecule has 1 aromatic carbocycles. The Bertz CT molecular complexity index is 674. The first-order chi connectivity index (χ1) is 11.7. The van der Waals surface area contributed by atoms with Crippen LogP contribution in [0.25, 0.3) is 0 Å². The number of rotatable bonds is 9. The maximum Gasteiger partial charge on any atom is 0.318 e. The van der Waals surface area contributed by atoms with E-state index in [4.69, 9.17) is 10.5 Å². The molecule has 0 atom stereocenters. The van der Waals surface area contributed by atoms with E-state index in [1.807, 2.05) is 24.3 Å². The van der Waals surface area contributed by atoms with Crippen LogP contribution < -0.4 is 15.8 Å². The van der Waals surface area contributed by atoms with Crippen LogP contribution in [0.15, 0.2) is 36.5 Å². The molecule has 0 radical (unpaired) electrons. The highest BCUT2D eigenvalue weighted by Gasteiger charge is 2.02. The number of aldehydes is 1. The van der Waals surface area contributed by atoms with Gasteiger partial charge in [0.2, 0.25) is 5.91 Å². The lowest BCUT2D eigenvalue weighted by molar-refractivity contribution is -0.121. The van der Waals surface area contributed by atoms with E-state index in [1.165, 1.54) is 0 Å². The van der Waals surface area contributed by atoms with Gasteiger partial charge in [0.25, 0.3) is 0 Å². The van der Waals surface area contributed by atoms with Crippen LogP contribution in [0.3, 0.4) is 0 Å². The van der Waals surface area contributed by atoms with E-state index in [1.54, 1.807) is 12.3 Å². The molecule has 0 aliphatic heterocycles. The Morgan fingerprint density at radius 3 is 2.67 bits per heavy atom. The highest BCUT2D eigenvalue weighted by Crippen LogP contribution is 2.09. The number of unbranched alkanes of at least 4 members (excludes halogenated alkanes) is 1. The van der Waals surface area contributed by atoms with Crippen molar-refractivity contribution in [1.82, 2.24) is 15.3 Å². The molecule has 1 amide bonds. The van der Waals surface area contributed by atoms with Crippen LogP contribution in [0, 0.1) is 0 Å². The smallest absolute Gasteiger partial charge is 0.318 e. The number of anilines is 1. The highest BCUT2D eigenvalue weighted by molar-refractivity contribution is 5.76. The first-order valence-corrected chi connectivity index (χ1v) is 7.67. The van der Waals surface area contributed by atoms with Crippen LogP contribution >= 0.6 is 0 Å². The van der Waals surface area contributed by atoms with Crippen molar-refractivity contribution in [2.75, 3.05) is 5.73 Å². The van der Waals surface area contributed by atoms with Crippen molar-refractivity contribution in [3.8, 4) is 6.01 Å². The zero-order valence-corrected chi connectivity index (χ0v) is 13.3. The fraction of sp³-hybridized carbons (Fsp3) is 0.294. The van der Waals surface area contributed by atoms with Gasteiger partial charge in [-0.05, 0) is 23.6 Å². The second kappa shape index (κ2) is 9.24. The lowest BCUT2D eigenvalue weighted by Gasteiger charge is -2.07. The minimum atomic E-state index is -0.0527. The van der Waals surface area contributed by atoms with Crippen LogP contribution in [-0.4, -0.2) is 22.2 Å². The molecule has 2 aromatic rings. The Morgan fingerprint density at radius 2 is 1.96 bits per heavy atom. The quantitative estimate of drug-likeness (QED) is 0.535. The molecule has 0 aliphatic carbocycles. The molecule has 0 saturated heterocycles. The first kappa shape index (κ1) is 17.4. The average molecular weight is 328 g/mol. The number of aromatic nitrogens is 2. The Balaban J connectivity index is 1.76. The van der Waals surface area contributed by atoms with Gasteiger partial charge in [-0.25, -0.2) is 4.98 Å². The molecule has 2 rings (SSSR count). The maximum atomic E-state index is 11.6. The van der Waals surface area contributed by atoms with Gasteiger partial charge < -0.3 is 20.6 Å². The third-order valence-electron chi connectivity index (χ3n) is 3.26. The topological polar surface area (TPSA) is 107 Å². The normalized spacial score (nSPS) is 10.2. The number of nitrogens with two attached hydrogens (primary N) is 1. The van der Waals surface area contributed by atoms with E-state index >= 15 is 0 Å². The Labute approximate surface area is 140 Å². The summed E-state index contributed by atoms with van der Waals surface area (Å²) < 4.78 is 5.47. The summed E-state index contributed by atoms with van der Waals surface area (Å²) in [5.74, 6) is 0.308. The highest BCUT2D eigenvalue weighted by atomic mass is 16.5. The number of amides is 1. The zero-order valence-electron chi connectivity index (χ0n) is 13.3. The number of nitrogens with zero attached hydrogens (tertiary/aromatic N) is 2. The third-order valence-corrected chi connectivity index (χ3v) is 3.26. The largest absolute Gasteiger partial charge is 0.459 e. The number of hydrogen-bond acceptors (Lipinski definition) is 6. The minimum absolute atomic E-state index is 0.0527. The van der Waals surface area contributed by atoms with E-state index in [9.17, 15) is 9.59 Å². The van der Waals surface area contributed by atoms with Crippen LogP contribution in [0.4, 0.5) is 5.82 Å². The summed E-state index contributed by atoms with van der Waals surface area (Å²) in [5.41, 5.74) is 7.51. The standard InChI is InChI=1S/C17H20N4O3/c18-15-8-9-19-17(21-15)24-12-14-6-4-13(5-7-14)11-20-16(23)3-1-2-10-22/h4-10H,1-3,11-12H2,(H,20,23)(H2,18,19,21). The molecule has 7 nitrogen and oxygen atoms in total. The van der Waals surface area contributed by atoms with Gasteiger partial charge in [-0.2, -0.15) is 4.98 Å². The molecule has 3 N–H and O–H groups in total. The van der Waals surface area contributed by atoms with Crippen molar-refractivity contribution in [2.45, 2.75) is 32.4 Å². The Hall–Kier alpha value is -2.96. The van der Waals surface area contributed by atoms with E-state index in [0.29, 0.717) is 38.2 Å². The molecule has 0 bridgehead atoms. The van der Waals surface area contributed by atoms with Gasteiger partial charge in [-0.1, -0.05) is 24.3 Å². The molecule has 0 fully saturated rings. The number of ether oxygens (including phenoxy) is 1. The lowest BCUT2D eigenvalue weighted by atomic mass is 10.1. The van der Waals surface area contributed by atoms with Crippen LogP contribution in [-0.2, 0) is 22.7 Å². The van der Waals surface area contributed by atoms with Gasteiger partial charge in [-0.3, -0.25) is 4.79 Å². The zero-order chi connectivity index (χ0) is 17.2. The van der Waals surface area contributed by atoms with Crippen molar-refractivity contribution >= 4 is 18.0 Å². The van der Waals surface area contributed by atoms with Crippen molar-refractivity contribution in [3.05, 3.63) is 47.7 Å².